The maximum Gasteiger partial charge on any atom is 0.163 e. The minimum atomic E-state index is 0.302. The predicted molar refractivity (Wildman–Crippen MR) is 85.0 cm³/mol. The van der Waals surface area contributed by atoms with Gasteiger partial charge in [-0.05, 0) is 25.7 Å². The summed E-state index contributed by atoms with van der Waals surface area (Å²) < 4.78 is 7.54. The highest BCUT2D eigenvalue weighted by Crippen LogP contribution is 2.34. The van der Waals surface area contributed by atoms with E-state index in [1.54, 1.807) is 0 Å². The summed E-state index contributed by atoms with van der Waals surface area (Å²) in [5.74, 6) is 2.39. The van der Waals surface area contributed by atoms with E-state index in [0.29, 0.717) is 12.0 Å². The van der Waals surface area contributed by atoms with Gasteiger partial charge in [0.05, 0.1) is 17.7 Å². The molecule has 22 heavy (non-hydrogen) atoms. The Morgan fingerprint density at radius 2 is 2.09 bits per heavy atom. The highest BCUT2D eigenvalue weighted by Gasteiger charge is 2.23. The molecule has 6 nitrogen and oxygen atoms in total. The minimum absolute atomic E-state index is 0.302. The van der Waals surface area contributed by atoms with Crippen LogP contribution in [0.3, 0.4) is 0 Å². The molecule has 1 saturated carbocycles. The Morgan fingerprint density at radius 1 is 1.23 bits per heavy atom. The van der Waals surface area contributed by atoms with Crippen LogP contribution in [0.4, 0.5) is 5.82 Å². The lowest BCUT2D eigenvalue weighted by Crippen LogP contribution is -2.19. The molecule has 3 heterocycles. The second kappa shape index (κ2) is 5.83. The molecule has 0 aromatic carbocycles. The Morgan fingerprint density at radius 3 is 2.86 bits per heavy atom. The molecule has 0 radical (unpaired) electrons. The van der Waals surface area contributed by atoms with Gasteiger partial charge in [-0.1, -0.05) is 12.8 Å². The number of anilines is 1. The van der Waals surface area contributed by atoms with Crippen LogP contribution in [-0.2, 0) is 11.8 Å². The first kappa shape index (κ1) is 13.9. The maximum absolute atomic E-state index is 5.70. The zero-order valence-electron chi connectivity index (χ0n) is 13.1. The Labute approximate surface area is 130 Å². The lowest BCUT2D eigenvalue weighted by Gasteiger charge is -2.14. The van der Waals surface area contributed by atoms with Gasteiger partial charge in [0.15, 0.2) is 5.65 Å². The van der Waals surface area contributed by atoms with Crippen LogP contribution in [0.5, 0.6) is 0 Å². The predicted octanol–water partition coefficient (Wildman–Crippen LogP) is 2.61. The molecule has 2 aliphatic rings. The van der Waals surface area contributed by atoms with Crippen LogP contribution in [0.2, 0.25) is 0 Å². The molecule has 0 bridgehead atoms. The molecule has 1 aliphatic heterocycles. The second-order valence-electron chi connectivity index (χ2n) is 6.43. The van der Waals surface area contributed by atoms with Gasteiger partial charge in [0.1, 0.15) is 11.6 Å². The Kier molecular flexibility index (Phi) is 3.70. The number of aryl methyl sites for hydroxylation is 1. The van der Waals surface area contributed by atoms with E-state index in [2.05, 4.69) is 10.4 Å². The Hall–Kier alpha value is -1.69. The van der Waals surface area contributed by atoms with Crippen molar-refractivity contribution in [3.8, 4) is 0 Å². The van der Waals surface area contributed by atoms with Crippen LogP contribution in [-0.4, -0.2) is 39.0 Å². The third-order valence-corrected chi connectivity index (χ3v) is 4.85. The van der Waals surface area contributed by atoms with Gasteiger partial charge in [-0.2, -0.15) is 5.10 Å². The van der Waals surface area contributed by atoms with E-state index in [9.17, 15) is 0 Å². The van der Waals surface area contributed by atoms with Gasteiger partial charge in [0, 0.05) is 26.1 Å². The Bertz CT molecular complexity index is 656. The first-order chi connectivity index (χ1) is 10.8. The van der Waals surface area contributed by atoms with Gasteiger partial charge >= 0.3 is 0 Å². The largest absolute Gasteiger partial charge is 0.376 e. The molecule has 0 unspecified atom stereocenters. The van der Waals surface area contributed by atoms with E-state index in [4.69, 9.17) is 14.7 Å². The molecule has 0 spiro atoms. The van der Waals surface area contributed by atoms with Crippen LogP contribution >= 0.6 is 0 Å². The fourth-order valence-corrected chi connectivity index (χ4v) is 3.56. The van der Waals surface area contributed by atoms with Crippen molar-refractivity contribution in [1.29, 1.82) is 0 Å². The van der Waals surface area contributed by atoms with Gasteiger partial charge in [0.25, 0.3) is 0 Å². The molecular weight excluding hydrogens is 278 g/mol. The molecule has 4 rings (SSSR count). The summed E-state index contributed by atoms with van der Waals surface area (Å²) in [5.41, 5.74) is 0.923. The quantitative estimate of drug-likeness (QED) is 0.940. The van der Waals surface area contributed by atoms with E-state index >= 15 is 0 Å². The minimum Gasteiger partial charge on any atom is -0.376 e. The topological polar surface area (TPSA) is 64.9 Å². The van der Waals surface area contributed by atoms with Crippen molar-refractivity contribution >= 4 is 16.9 Å². The number of fused-ring (bicyclic) bond motifs is 1. The molecule has 1 saturated heterocycles. The average molecular weight is 301 g/mol. The van der Waals surface area contributed by atoms with Gasteiger partial charge in [0.2, 0.25) is 0 Å². The molecule has 6 heteroatoms. The zero-order chi connectivity index (χ0) is 14.9. The third-order valence-electron chi connectivity index (χ3n) is 4.85. The standard InChI is InChI=1S/C16H23N5O/c1-21-16-13(10-18-21)15(17-9-12-7-4-8-22-12)19-14(20-16)11-5-2-3-6-11/h10-12H,2-9H2,1H3,(H,17,19,20)/t12-/m0/s1. The van der Waals surface area contributed by atoms with Crippen LogP contribution in [0.25, 0.3) is 11.0 Å². The van der Waals surface area contributed by atoms with Gasteiger partial charge < -0.3 is 10.1 Å². The molecule has 1 N–H and O–H groups in total. The fraction of sp³-hybridized carbons (Fsp3) is 0.688. The first-order valence-corrected chi connectivity index (χ1v) is 8.36. The number of rotatable bonds is 4. The highest BCUT2D eigenvalue weighted by atomic mass is 16.5. The van der Waals surface area contributed by atoms with E-state index in [0.717, 1.165) is 48.7 Å². The molecular formula is C16H23N5O. The Balaban J connectivity index is 1.64. The van der Waals surface area contributed by atoms with Crippen molar-refractivity contribution in [3.63, 3.8) is 0 Å². The third kappa shape index (κ3) is 2.56. The van der Waals surface area contributed by atoms with Crippen molar-refractivity contribution in [3.05, 3.63) is 12.0 Å². The summed E-state index contributed by atoms with van der Waals surface area (Å²) in [6, 6.07) is 0. The van der Waals surface area contributed by atoms with Crippen molar-refractivity contribution in [1.82, 2.24) is 19.7 Å². The zero-order valence-corrected chi connectivity index (χ0v) is 13.1. The molecule has 2 aromatic rings. The molecule has 2 aromatic heterocycles. The lowest BCUT2D eigenvalue weighted by molar-refractivity contribution is 0.120. The lowest BCUT2D eigenvalue weighted by atomic mass is 10.1. The number of nitrogens with zero attached hydrogens (tertiary/aromatic N) is 4. The number of hydrogen-bond donors (Lipinski definition) is 1. The smallest absolute Gasteiger partial charge is 0.163 e. The first-order valence-electron chi connectivity index (χ1n) is 8.36. The van der Waals surface area contributed by atoms with Gasteiger partial charge in [-0.3, -0.25) is 4.68 Å². The number of nitrogens with one attached hydrogen (secondary N) is 1. The van der Waals surface area contributed by atoms with Crippen LogP contribution < -0.4 is 5.32 Å². The van der Waals surface area contributed by atoms with E-state index in [1.807, 2.05) is 17.9 Å². The molecule has 1 atom stereocenters. The number of aromatic nitrogens is 4. The van der Waals surface area contributed by atoms with E-state index < -0.39 is 0 Å². The van der Waals surface area contributed by atoms with E-state index in [-0.39, 0.29) is 0 Å². The fourth-order valence-electron chi connectivity index (χ4n) is 3.56. The summed E-state index contributed by atoms with van der Waals surface area (Å²) >= 11 is 0. The number of ether oxygens (including phenoxy) is 1. The van der Waals surface area contributed by atoms with Crippen molar-refractivity contribution in [2.24, 2.45) is 7.05 Å². The van der Waals surface area contributed by atoms with Gasteiger partial charge in [-0.25, -0.2) is 9.97 Å². The normalized spacial score (nSPS) is 22.7. The molecule has 0 amide bonds. The molecule has 1 aliphatic carbocycles. The SMILES string of the molecule is Cn1ncc2c(NC[C@@H]3CCCO3)nc(C3CCCC3)nc21. The summed E-state index contributed by atoms with van der Waals surface area (Å²) in [4.78, 5) is 9.60. The molecule has 118 valence electrons. The number of hydrogen-bond acceptors (Lipinski definition) is 5. The highest BCUT2D eigenvalue weighted by molar-refractivity contribution is 5.86. The average Bonchev–Trinajstić information content (AvgIpc) is 3.27. The summed E-state index contributed by atoms with van der Waals surface area (Å²) in [5, 5.41) is 8.83. The van der Waals surface area contributed by atoms with Crippen molar-refractivity contribution in [2.45, 2.75) is 50.5 Å². The summed E-state index contributed by atoms with van der Waals surface area (Å²) in [7, 11) is 1.94. The van der Waals surface area contributed by atoms with Crippen molar-refractivity contribution in [2.75, 3.05) is 18.5 Å². The van der Waals surface area contributed by atoms with Crippen LogP contribution in [0, 0.1) is 0 Å². The maximum atomic E-state index is 5.70. The van der Waals surface area contributed by atoms with Crippen molar-refractivity contribution < 1.29 is 4.74 Å². The summed E-state index contributed by atoms with van der Waals surface area (Å²) in [6.45, 7) is 1.69. The van der Waals surface area contributed by atoms with Gasteiger partial charge in [-0.15, -0.1) is 0 Å². The second-order valence-corrected chi connectivity index (χ2v) is 6.43. The van der Waals surface area contributed by atoms with Crippen LogP contribution in [0.15, 0.2) is 6.20 Å². The summed E-state index contributed by atoms with van der Waals surface area (Å²) in [6.07, 6.45) is 9.42. The van der Waals surface area contributed by atoms with Crippen LogP contribution in [0.1, 0.15) is 50.3 Å². The van der Waals surface area contributed by atoms with E-state index in [1.165, 1.54) is 25.7 Å². The monoisotopic (exact) mass is 301 g/mol. The molecule has 2 fully saturated rings.